The molecule has 8 N–H and O–H groups in total. The van der Waals surface area contributed by atoms with Gasteiger partial charge in [0.2, 0.25) is 11.8 Å². The number of anilines is 4. The van der Waals surface area contributed by atoms with Gasteiger partial charge in [0.05, 0.1) is 41.6 Å². The molecular formula is C52H64N14O6S. The van der Waals surface area contributed by atoms with E-state index in [9.17, 15) is 28.8 Å². The number of piperidine rings is 1. The molecule has 0 bridgehead atoms. The van der Waals surface area contributed by atoms with Crippen LogP contribution in [0.3, 0.4) is 0 Å². The second-order valence-corrected chi connectivity index (χ2v) is 19.5. The highest BCUT2D eigenvalue weighted by Crippen LogP contribution is 2.42. The number of benzene rings is 3. The summed E-state index contributed by atoms with van der Waals surface area (Å²) < 4.78 is 0. The summed E-state index contributed by atoms with van der Waals surface area (Å²) in [5.74, 6) is -0.531. The van der Waals surface area contributed by atoms with Crippen LogP contribution in [0.2, 0.25) is 0 Å². The molecule has 3 aromatic carbocycles. The number of H-pyrrole nitrogens is 2. The van der Waals surface area contributed by atoms with Gasteiger partial charge in [-0.05, 0) is 133 Å². The second-order valence-electron chi connectivity index (χ2n) is 19.5. The Bertz CT molecular complexity index is 2910. The maximum absolute atomic E-state index is 13.5. The van der Waals surface area contributed by atoms with Gasteiger partial charge in [0.1, 0.15) is 0 Å². The molecule has 1 fully saturated rings. The number of amides is 8. The number of aromatic nitrogens is 4. The van der Waals surface area contributed by atoms with Crippen molar-refractivity contribution in [2.24, 2.45) is 0 Å². The van der Waals surface area contributed by atoms with Crippen molar-refractivity contribution in [1.29, 1.82) is 0 Å². The minimum absolute atomic E-state index is 0. The highest BCUT2D eigenvalue weighted by atomic mass is 32.1. The minimum atomic E-state index is -0.652. The third-order valence-electron chi connectivity index (χ3n) is 13.7. The molecule has 0 spiro atoms. The van der Waals surface area contributed by atoms with Gasteiger partial charge in [-0.25, -0.2) is 9.59 Å². The number of aromatic amines is 2. The second kappa shape index (κ2) is 21.9. The molecule has 384 valence electrons. The van der Waals surface area contributed by atoms with Crippen LogP contribution in [0.4, 0.5) is 32.6 Å². The van der Waals surface area contributed by atoms with Crippen LogP contribution in [0, 0.1) is 0 Å². The normalized spacial score (nSPS) is 18.2. The van der Waals surface area contributed by atoms with Gasteiger partial charge in [-0.1, -0.05) is 37.4 Å². The summed E-state index contributed by atoms with van der Waals surface area (Å²) >= 11 is 0. The van der Waals surface area contributed by atoms with Gasteiger partial charge in [0.15, 0.2) is 11.6 Å². The van der Waals surface area contributed by atoms with Gasteiger partial charge in [-0.15, -0.1) is 0 Å². The van der Waals surface area contributed by atoms with Gasteiger partial charge >= 0.3 is 12.1 Å². The van der Waals surface area contributed by atoms with Crippen molar-refractivity contribution >= 4 is 72.2 Å². The molecule has 0 saturated carbocycles. The lowest BCUT2D eigenvalue weighted by atomic mass is 9.95. The van der Waals surface area contributed by atoms with E-state index in [1.807, 2.05) is 46.9 Å². The van der Waals surface area contributed by atoms with E-state index in [4.69, 9.17) is 0 Å². The van der Waals surface area contributed by atoms with Crippen LogP contribution in [0.5, 0.6) is 0 Å². The van der Waals surface area contributed by atoms with E-state index in [1.54, 1.807) is 58.3 Å². The number of hydrogen-bond acceptors (Lipinski definition) is 10. The molecule has 8 amide bonds. The van der Waals surface area contributed by atoms with Gasteiger partial charge in [-0.2, -0.15) is 23.7 Å². The number of fused-ring (bicyclic) bond motifs is 3. The number of nitrogens with zero attached hydrogens (tertiary/aromatic N) is 6. The number of carbonyl (C=O) groups is 6. The third kappa shape index (κ3) is 11.5. The van der Waals surface area contributed by atoms with Crippen LogP contribution in [0.15, 0.2) is 98.1 Å². The van der Waals surface area contributed by atoms with Gasteiger partial charge in [-0.3, -0.25) is 34.3 Å². The van der Waals surface area contributed by atoms with E-state index in [0.29, 0.717) is 47.2 Å². The van der Waals surface area contributed by atoms with E-state index < -0.39 is 11.1 Å². The number of nitrogens with one attached hydrogen (secondary N) is 8. The van der Waals surface area contributed by atoms with Crippen LogP contribution in [-0.4, -0.2) is 115 Å². The lowest BCUT2D eigenvalue weighted by Crippen LogP contribution is -2.53. The molecule has 21 heteroatoms. The minimum Gasteiger partial charge on any atom is -0.334 e. The first-order valence-corrected chi connectivity index (χ1v) is 23.8. The van der Waals surface area contributed by atoms with Crippen molar-refractivity contribution in [3.63, 3.8) is 0 Å². The van der Waals surface area contributed by atoms with Crippen molar-refractivity contribution in [1.82, 2.24) is 50.6 Å². The summed E-state index contributed by atoms with van der Waals surface area (Å²) in [5.41, 5.74) is 6.21. The fourth-order valence-electron chi connectivity index (χ4n) is 9.72. The fourth-order valence-corrected chi connectivity index (χ4v) is 9.72. The first-order valence-electron chi connectivity index (χ1n) is 23.8. The third-order valence-corrected chi connectivity index (χ3v) is 13.7. The molecular weight excluding hydrogens is 949 g/mol. The largest absolute Gasteiger partial charge is 0.334 e. The molecule has 1 saturated heterocycles. The number of carbonyl (C=O) groups excluding carboxylic acids is 6. The van der Waals surface area contributed by atoms with Crippen molar-refractivity contribution < 1.29 is 28.8 Å². The first kappa shape index (κ1) is 53.1. The van der Waals surface area contributed by atoms with Crippen molar-refractivity contribution in [3.05, 3.63) is 143 Å². The van der Waals surface area contributed by atoms with E-state index in [2.05, 4.69) is 94.4 Å². The number of likely N-dealkylation sites (N-methyl/N-ethyl adjacent to an activating group) is 2. The highest BCUT2D eigenvalue weighted by molar-refractivity contribution is 7.59. The van der Waals surface area contributed by atoms with Crippen LogP contribution in [0.1, 0.15) is 101 Å². The fraction of sp³-hybridized carbons (Fsp3) is 0.346. The smallest absolute Gasteiger partial charge is 0.319 e. The van der Waals surface area contributed by atoms with Crippen LogP contribution in [-0.2, 0) is 40.3 Å². The van der Waals surface area contributed by atoms with E-state index in [1.165, 1.54) is 17.7 Å². The molecule has 2 atom stereocenters. The molecule has 0 aliphatic carbocycles. The lowest BCUT2D eigenvalue weighted by Gasteiger charge is -2.36. The molecule has 4 aliphatic rings. The molecule has 2 aromatic heterocycles. The van der Waals surface area contributed by atoms with Gasteiger partial charge < -0.3 is 46.6 Å². The lowest BCUT2D eigenvalue weighted by molar-refractivity contribution is -0.112. The average molecular weight is 1010 g/mol. The summed E-state index contributed by atoms with van der Waals surface area (Å²) in [5, 5.41) is 32.0. The Morgan fingerprint density at radius 3 is 1.59 bits per heavy atom. The molecule has 5 aromatic rings. The SMILES string of the molecule is C=CC(=O)Nc1ccc(C(=O)Nc2n[nH]c3c2CN(C(=O)NC2CN(C)Cc4ccccc42)C3(C)C)cc1.C=CC(=O)Nc1ccc(C(=O)Nc2n[nH]c3c2CN(C(=O)N[C@H]2CCCN(C)C2)C3(C)C)cc1.S. The Hall–Kier alpha value is -7.75. The number of urea groups is 2. The number of rotatable bonds is 10. The summed E-state index contributed by atoms with van der Waals surface area (Å²) in [7, 11) is 4.11. The zero-order valence-electron chi connectivity index (χ0n) is 41.9. The number of likely N-dealkylation sites (tertiary alicyclic amines) is 1. The van der Waals surface area contributed by atoms with Crippen molar-refractivity contribution in [3.8, 4) is 0 Å². The summed E-state index contributed by atoms with van der Waals surface area (Å²) in [4.78, 5) is 83.2. The standard InChI is InChI=1S/C28H31N7O3.C24H31N7O3.H2S/c1-5-23(36)29-19-12-10-17(11-13-19)26(37)31-25-21-15-35(28(2,3)24(21)32-33-25)27(38)30-22-16-34(4)14-18-8-6-7-9-20(18)22;1-5-19(32)25-16-10-8-15(9-11-16)22(33)27-21-18-14-31(24(2,3)20(18)28-29-21)23(34)26-17-7-6-12-30(4)13-17;/h5-13,22H,1,14-16H2,2-4H3,(H,29,36)(H,30,38)(H2,31,32,33,37);5,8-11,17H,1,6-7,12-14H2,2-4H3,(H,25,32)(H,26,34)(H2,27,28,29,33);1H2/t;17-;/m.0./s1. The predicted octanol–water partition coefficient (Wildman–Crippen LogP) is 6.49. The molecule has 6 heterocycles. The molecule has 0 radical (unpaired) electrons. The summed E-state index contributed by atoms with van der Waals surface area (Å²) in [6.07, 6.45) is 4.38. The van der Waals surface area contributed by atoms with E-state index in [-0.39, 0.29) is 61.3 Å². The first-order chi connectivity index (χ1) is 34.4. The molecule has 4 aliphatic heterocycles. The van der Waals surface area contributed by atoms with E-state index >= 15 is 0 Å². The summed E-state index contributed by atoms with van der Waals surface area (Å²) in [6, 6.07) is 20.9. The monoisotopic (exact) mass is 1010 g/mol. The van der Waals surface area contributed by atoms with Crippen LogP contribution < -0.4 is 31.9 Å². The number of hydrogen-bond donors (Lipinski definition) is 8. The Morgan fingerprint density at radius 2 is 1.11 bits per heavy atom. The topological polar surface area (TPSA) is 245 Å². The van der Waals surface area contributed by atoms with Gasteiger partial charge in [0, 0.05) is 59.3 Å². The summed E-state index contributed by atoms with van der Waals surface area (Å²) in [6.45, 7) is 18.8. The Morgan fingerprint density at radius 1 is 0.630 bits per heavy atom. The molecule has 9 rings (SSSR count). The van der Waals surface area contributed by atoms with Crippen LogP contribution in [0.25, 0.3) is 0 Å². The Kier molecular flexibility index (Phi) is 15.9. The van der Waals surface area contributed by atoms with Crippen molar-refractivity contribution in [2.75, 3.05) is 55.0 Å². The quantitative estimate of drug-likeness (QED) is 0.0707. The maximum Gasteiger partial charge on any atom is 0.319 e. The molecule has 1 unspecified atom stereocenters. The van der Waals surface area contributed by atoms with Crippen molar-refractivity contribution in [2.45, 2.75) is 83.3 Å². The molecule has 73 heavy (non-hydrogen) atoms. The zero-order chi connectivity index (χ0) is 51.5. The molecule has 20 nitrogen and oxygen atoms in total. The van der Waals surface area contributed by atoms with Crippen LogP contribution >= 0.6 is 13.5 Å². The Labute approximate surface area is 431 Å². The van der Waals surface area contributed by atoms with E-state index in [0.717, 1.165) is 67.1 Å². The highest BCUT2D eigenvalue weighted by Gasteiger charge is 2.46. The maximum atomic E-state index is 13.5. The Balaban J connectivity index is 0.000000212. The predicted molar refractivity (Wildman–Crippen MR) is 284 cm³/mol. The van der Waals surface area contributed by atoms with Gasteiger partial charge in [0.25, 0.3) is 11.8 Å². The zero-order valence-corrected chi connectivity index (χ0v) is 42.9. The average Bonchev–Trinajstić information content (AvgIpc) is 4.09.